The summed E-state index contributed by atoms with van der Waals surface area (Å²) in [6.07, 6.45) is 7.08. The van der Waals surface area contributed by atoms with Crippen LogP contribution in [0.2, 0.25) is 0 Å². The van der Waals surface area contributed by atoms with Gasteiger partial charge in [-0.3, -0.25) is 4.98 Å². The van der Waals surface area contributed by atoms with Gasteiger partial charge in [-0.1, -0.05) is 0 Å². The maximum Gasteiger partial charge on any atom is 0.0951 e. The van der Waals surface area contributed by atoms with Gasteiger partial charge in [0.1, 0.15) is 0 Å². The first-order valence-electron chi connectivity index (χ1n) is 4.64. The number of rotatable bonds is 1. The van der Waals surface area contributed by atoms with E-state index in [1.165, 1.54) is 0 Å². The maximum atomic E-state index is 4.18. The van der Waals surface area contributed by atoms with Crippen molar-refractivity contribution in [1.29, 1.82) is 0 Å². The topological polar surface area (TPSA) is 43.1 Å². The van der Waals surface area contributed by atoms with Gasteiger partial charge >= 0.3 is 0 Å². The zero-order chi connectivity index (χ0) is 10.1. The molecule has 3 heterocycles. The molecule has 0 aliphatic heterocycles. The average molecular weight is 196 g/mol. The molecule has 0 saturated heterocycles. The summed E-state index contributed by atoms with van der Waals surface area (Å²) in [5.41, 5.74) is 3.18. The predicted molar refractivity (Wildman–Crippen MR) is 56.2 cm³/mol. The molecule has 4 nitrogen and oxygen atoms in total. The summed E-state index contributed by atoms with van der Waals surface area (Å²) in [4.78, 5) is 3.99. The third-order valence-corrected chi connectivity index (χ3v) is 2.30. The van der Waals surface area contributed by atoms with Crippen molar-refractivity contribution < 1.29 is 0 Å². The number of pyridine rings is 1. The number of nitrogens with zero attached hydrogens (tertiary/aromatic N) is 4. The van der Waals surface area contributed by atoms with Crippen LogP contribution >= 0.6 is 0 Å². The van der Waals surface area contributed by atoms with Gasteiger partial charge in [-0.05, 0) is 29.8 Å². The normalized spacial score (nSPS) is 10.7. The summed E-state index contributed by atoms with van der Waals surface area (Å²) in [6.45, 7) is 0. The first-order chi connectivity index (χ1) is 7.45. The Morgan fingerprint density at radius 2 is 1.80 bits per heavy atom. The van der Waals surface area contributed by atoms with Crippen LogP contribution in [0.1, 0.15) is 0 Å². The quantitative estimate of drug-likeness (QED) is 0.596. The van der Waals surface area contributed by atoms with Crippen LogP contribution in [0, 0.1) is 0 Å². The van der Waals surface area contributed by atoms with E-state index in [-0.39, 0.29) is 0 Å². The lowest BCUT2D eigenvalue weighted by Gasteiger charge is -1.96. The molecular formula is C11H8N4. The minimum Gasteiger partial charge on any atom is -0.265 e. The summed E-state index contributed by atoms with van der Waals surface area (Å²) in [6, 6.07) is 7.82. The fraction of sp³-hybridized carbons (Fsp3) is 0. The second-order valence-electron chi connectivity index (χ2n) is 3.19. The fourth-order valence-electron chi connectivity index (χ4n) is 1.59. The molecule has 0 aromatic carbocycles. The predicted octanol–water partition coefficient (Wildman–Crippen LogP) is 1.79. The first-order valence-corrected chi connectivity index (χ1v) is 4.64. The summed E-state index contributed by atoms with van der Waals surface area (Å²) in [5.74, 6) is 0. The number of hydrogen-bond donors (Lipinski definition) is 0. The van der Waals surface area contributed by atoms with Crippen molar-refractivity contribution in [3.63, 3.8) is 0 Å². The third kappa shape index (κ3) is 1.27. The van der Waals surface area contributed by atoms with Crippen LogP contribution in [0.3, 0.4) is 0 Å². The van der Waals surface area contributed by atoms with Gasteiger partial charge in [0.05, 0.1) is 11.7 Å². The average Bonchev–Trinajstić information content (AvgIpc) is 2.74. The fourth-order valence-corrected chi connectivity index (χ4v) is 1.59. The SMILES string of the molecule is c1cnn2ncc(-c3ccncc3)c2c1. The monoisotopic (exact) mass is 196 g/mol. The van der Waals surface area contributed by atoms with Crippen molar-refractivity contribution in [2.75, 3.05) is 0 Å². The Morgan fingerprint density at radius 3 is 2.67 bits per heavy atom. The van der Waals surface area contributed by atoms with Gasteiger partial charge in [-0.2, -0.15) is 14.8 Å². The molecule has 3 rings (SSSR count). The lowest BCUT2D eigenvalue weighted by molar-refractivity contribution is 0.800. The molecule has 0 aliphatic rings. The van der Waals surface area contributed by atoms with Crippen molar-refractivity contribution in [2.45, 2.75) is 0 Å². The van der Waals surface area contributed by atoms with Crippen LogP contribution in [0.4, 0.5) is 0 Å². The molecule has 0 bridgehead atoms. The van der Waals surface area contributed by atoms with E-state index in [1.807, 2.05) is 30.5 Å². The second-order valence-corrected chi connectivity index (χ2v) is 3.19. The molecule has 4 heteroatoms. The lowest BCUT2D eigenvalue weighted by atomic mass is 10.1. The Labute approximate surface area is 86.2 Å². The summed E-state index contributed by atoms with van der Waals surface area (Å²) in [5, 5.41) is 8.30. The van der Waals surface area contributed by atoms with Gasteiger partial charge in [-0.25, -0.2) is 0 Å². The van der Waals surface area contributed by atoms with Crippen LogP contribution in [-0.4, -0.2) is 19.8 Å². The number of hydrogen-bond acceptors (Lipinski definition) is 3. The van der Waals surface area contributed by atoms with Gasteiger partial charge in [0, 0.05) is 24.2 Å². The largest absolute Gasteiger partial charge is 0.265 e. The Bertz CT molecular complexity index is 586. The van der Waals surface area contributed by atoms with Crippen LogP contribution in [0.15, 0.2) is 49.1 Å². The minimum atomic E-state index is 1.00. The highest BCUT2D eigenvalue weighted by Crippen LogP contribution is 2.22. The molecule has 0 atom stereocenters. The molecule has 3 aromatic heterocycles. The van der Waals surface area contributed by atoms with E-state index in [0.29, 0.717) is 0 Å². The highest BCUT2D eigenvalue weighted by molar-refractivity contribution is 5.78. The number of aromatic nitrogens is 4. The first kappa shape index (κ1) is 8.11. The minimum absolute atomic E-state index is 1.00. The van der Waals surface area contributed by atoms with Crippen LogP contribution in [-0.2, 0) is 0 Å². The van der Waals surface area contributed by atoms with E-state index in [1.54, 1.807) is 23.2 Å². The van der Waals surface area contributed by atoms with Crippen LogP contribution in [0.5, 0.6) is 0 Å². The van der Waals surface area contributed by atoms with E-state index in [4.69, 9.17) is 0 Å². The Kier molecular flexibility index (Phi) is 1.71. The molecule has 0 radical (unpaired) electrons. The van der Waals surface area contributed by atoms with Crippen molar-refractivity contribution in [1.82, 2.24) is 19.8 Å². The standard InChI is InChI=1S/C11H8N4/c1-2-11-10(8-14-15(11)13-5-1)9-3-6-12-7-4-9/h1-8H. The van der Waals surface area contributed by atoms with Gasteiger partial charge in [-0.15, -0.1) is 0 Å². The molecule has 15 heavy (non-hydrogen) atoms. The molecule has 3 aromatic rings. The van der Waals surface area contributed by atoms with Gasteiger partial charge in [0.15, 0.2) is 0 Å². The molecule has 0 spiro atoms. The van der Waals surface area contributed by atoms with Crippen LogP contribution in [0.25, 0.3) is 16.6 Å². The maximum absolute atomic E-state index is 4.18. The molecule has 0 aliphatic carbocycles. The van der Waals surface area contributed by atoms with Crippen molar-refractivity contribution in [3.05, 3.63) is 49.1 Å². The van der Waals surface area contributed by atoms with Gasteiger partial charge in [0.2, 0.25) is 0 Å². The van der Waals surface area contributed by atoms with Crippen molar-refractivity contribution in [2.24, 2.45) is 0 Å². The zero-order valence-corrected chi connectivity index (χ0v) is 7.91. The third-order valence-electron chi connectivity index (χ3n) is 2.30. The van der Waals surface area contributed by atoms with Gasteiger partial charge < -0.3 is 0 Å². The van der Waals surface area contributed by atoms with E-state index < -0.39 is 0 Å². The van der Waals surface area contributed by atoms with E-state index in [2.05, 4.69) is 15.2 Å². The molecular weight excluding hydrogens is 188 g/mol. The highest BCUT2D eigenvalue weighted by atomic mass is 15.4. The summed E-state index contributed by atoms with van der Waals surface area (Å²) >= 11 is 0. The molecule has 0 unspecified atom stereocenters. The molecule has 0 saturated carbocycles. The Balaban J connectivity index is 2.28. The smallest absolute Gasteiger partial charge is 0.0951 e. The lowest BCUT2D eigenvalue weighted by Crippen LogP contribution is -1.90. The molecule has 0 N–H and O–H groups in total. The summed E-state index contributed by atoms with van der Waals surface area (Å²) < 4.78 is 1.62. The van der Waals surface area contributed by atoms with Crippen molar-refractivity contribution in [3.8, 4) is 11.1 Å². The van der Waals surface area contributed by atoms with Gasteiger partial charge in [0.25, 0.3) is 0 Å². The van der Waals surface area contributed by atoms with Crippen LogP contribution < -0.4 is 0 Å². The number of fused-ring (bicyclic) bond motifs is 1. The highest BCUT2D eigenvalue weighted by Gasteiger charge is 2.05. The Morgan fingerprint density at radius 1 is 0.933 bits per heavy atom. The van der Waals surface area contributed by atoms with E-state index in [9.17, 15) is 0 Å². The van der Waals surface area contributed by atoms with Crippen molar-refractivity contribution >= 4 is 5.52 Å². The van der Waals surface area contributed by atoms with E-state index in [0.717, 1.165) is 16.6 Å². The Hall–Kier alpha value is -2.23. The van der Waals surface area contributed by atoms with E-state index >= 15 is 0 Å². The zero-order valence-electron chi connectivity index (χ0n) is 7.91. The molecule has 72 valence electrons. The summed E-state index contributed by atoms with van der Waals surface area (Å²) in [7, 11) is 0. The second kappa shape index (κ2) is 3.16. The molecule has 0 amide bonds. The molecule has 0 fully saturated rings.